The Bertz CT molecular complexity index is 554. The smallest absolute Gasteiger partial charge is 0.131 e. The second-order valence-electron chi connectivity index (χ2n) is 5.21. The number of fused-ring (bicyclic) bond motifs is 1. The van der Waals surface area contributed by atoms with E-state index in [4.69, 9.17) is 5.73 Å². The number of hydrogen-bond donors (Lipinski definition) is 1. The first kappa shape index (κ1) is 10.3. The molecule has 0 saturated heterocycles. The number of rotatable bonds is 1. The zero-order valence-electron chi connectivity index (χ0n) is 10.1. The molecular weight excluding hydrogens is 212 g/mol. The van der Waals surface area contributed by atoms with Crippen LogP contribution in [-0.4, -0.2) is 14.8 Å². The van der Waals surface area contributed by atoms with Gasteiger partial charge in [-0.2, -0.15) is 5.10 Å². The van der Waals surface area contributed by atoms with Crippen molar-refractivity contribution in [1.29, 1.82) is 0 Å². The van der Waals surface area contributed by atoms with Crippen LogP contribution in [0.15, 0.2) is 24.5 Å². The van der Waals surface area contributed by atoms with Crippen LogP contribution in [-0.2, 0) is 11.8 Å². The number of nitrogens with two attached hydrogens (primary N) is 1. The Morgan fingerprint density at radius 1 is 1.29 bits per heavy atom. The first-order valence-corrected chi connectivity index (χ1v) is 5.88. The monoisotopic (exact) mass is 228 g/mol. The van der Waals surface area contributed by atoms with Gasteiger partial charge in [-0.05, 0) is 30.4 Å². The Labute approximate surface area is 100 Å². The van der Waals surface area contributed by atoms with E-state index < -0.39 is 0 Å². The third-order valence-electron chi connectivity index (χ3n) is 3.56. The van der Waals surface area contributed by atoms with Crippen molar-refractivity contribution in [2.45, 2.75) is 32.1 Å². The van der Waals surface area contributed by atoms with Crippen LogP contribution in [0.25, 0.3) is 5.69 Å². The highest BCUT2D eigenvalue weighted by Crippen LogP contribution is 2.41. The quantitative estimate of drug-likeness (QED) is 0.813. The average Bonchev–Trinajstić information content (AvgIpc) is 2.80. The first-order chi connectivity index (χ1) is 8.09. The SMILES string of the molecule is CC1(C)CCc2nn(-c3ccncc3)c(N)c21. The number of hydrogen-bond acceptors (Lipinski definition) is 3. The van der Waals surface area contributed by atoms with E-state index in [-0.39, 0.29) is 5.41 Å². The number of aryl methyl sites for hydroxylation is 1. The van der Waals surface area contributed by atoms with E-state index in [1.165, 1.54) is 5.56 Å². The van der Waals surface area contributed by atoms with Gasteiger partial charge < -0.3 is 5.73 Å². The Morgan fingerprint density at radius 3 is 2.65 bits per heavy atom. The molecule has 3 rings (SSSR count). The minimum atomic E-state index is 0.144. The van der Waals surface area contributed by atoms with Crippen LogP contribution in [0, 0.1) is 0 Å². The van der Waals surface area contributed by atoms with Crippen LogP contribution in [0.1, 0.15) is 31.5 Å². The summed E-state index contributed by atoms with van der Waals surface area (Å²) in [6.07, 6.45) is 5.66. The minimum Gasteiger partial charge on any atom is -0.383 e. The van der Waals surface area contributed by atoms with Crippen LogP contribution in [0.2, 0.25) is 0 Å². The Kier molecular flexibility index (Phi) is 2.02. The third kappa shape index (κ3) is 1.44. The zero-order valence-corrected chi connectivity index (χ0v) is 10.1. The zero-order chi connectivity index (χ0) is 12.0. The fourth-order valence-electron chi connectivity index (χ4n) is 2.63. The molecule has 4 heteroatoms. The fraction of sp³-hybridized carbons (Fsp3) is 0.385. The van der Waals surface area contributed by atoms with Crippen molar-refractivity contribution in [2.75, 3.05) is 5.73 Å². The lowest BCUT2D eigenvalue weighted by Gasteiger charge is -2.18. The van der Waals surface area contributed by atoms with Gasteiger partial charge in [-0.1, -0.05) is 13.8 Å². The Morgan fingerprint density at radius 2 is 2.00 bits per heavy atom. The van der Waals surface area contributed by atoms with E-state index in [9.17, 15) is 0 Å². The van der Waals surface area contributed by atoms with Crippen molar-refractivity contribution in [1.82, 2.24) is 14.8 Å². The predicted octanol–water partition coefficient (Wildman–Crippen LogP) is 2.07. The van der Waals surface area contributed by atoms with Crippen molar-refractivity contribution in [3.8, 4) is 5.69 Å². The molecule has 0 bridgehead atoms. The summed E-state index contributed by atoms with van der Waals surface area (Å²) in [4.78, 5) is 4.01. The largest absolute Gasteiger partial charge is 0.383 e. The molecule has 88 valence electrons. The summed E-state index contributed by atoms with van der Waals surface area (Å²) in [6.45, 7) is 4.46. The highest BCUT2D eigenvalue weighted by molar-refractivity contribution is 5.55. The van der Waals surface area contributed by atoms with Crippen LogP contribution >= 0.6 is 0 Å². The lowest BCUT2D eigenvalue weighted by molar-refractivity contribution is 0.519. The molecule has 0 aromatic carbocycles. The lowest BCUT2D eigenvalue weighted by Crippen LogP contribution is -2.15. The van der Waals surface area contributed by atoms with Crippen LogP contribution in [0.5, 0.6) is 0 Å². The van der Waals surface area contributed by atoms with Crippen LogP contribution in [0.4, 0.5) is 5.82 Å². The summed E-state index contributed by atoms with van der Waals surface area (Å²) in [5, 5.41) is 4.62. The van der Waals surface area contributed by atoms with Crippen LogP contribution < -0.4 is 5.73 Å². The van der Waals surface area contributed by atoms with Gasteiger partial charge in [-0.25, -0.2) is 4.68 Å². The van der Waals surface area contributed by atoms with Gasteiger partial charge in [0, 0.05) is 18.0 Å². The molecule has 2 heterocycles. The number of nitrogen functional groups attached to an aromatic ring is 1. The number of anilines is 1. The van der Waals surface area contributed by atoms with E-state index in [0.717, 1.165) is 30.0 Å². The summed E-state index contributed by atoms with van der Waals surface area (Å²) >= 11 is 0. The molecule has 2 aromatic rings. The third-order valence-corrected chi connectivity index (χ3v) is 3.56. The summed E-state index contributed by atoms with van der Waals surface area (Å²) in [5.74, 6) is 0.772. The van der Waals surface area contributed by atoms with Gasteiger partial charge in [0.1, 0.15) is 5.82 Å². The van der Waals surface area contributed by atoms with E-state index in [1.807, 2.05) is 16.8 Å². The molecule has 17 heavy (non-hydrogen) atoms. The highest BCUT2D eigenvalue weighted by Gasteiger charge is 2.35. The standard InChI is InChI=1S/C13H16N4/c1-13(2)6-3-10-11(13)12(14)17(16-10)9-4-7-15-8-5-9/h4-5,7-8H,3,6,14H2,1-2H3. The minimum absolute atomic E-state index is 0.144. The van der Waals surface area contributed by atoms with E-state index >= 15 is 0 Å². The summed E-state index contributed by atoms with van der Waals surface area (Å²) in [5.41, 5.74) is 9.72. The van der Waals surface area contributed by atoms with Crippen molar-refractivity contribution in [3.05, 3.63) is 35.8 Å². The van der Waals surface area contributed by atoms with E-state index in [0.29, 0.717) is 0 Å². The second kappa shape index (κ2) is 3.32. The maximum absolute atomic E-state index is 6.24. The molecule has 0 fully saturated rings. The van der Waals surface area contributed by atoms with Crippen molar-refractivity contribution in [3.63, 3.8) is 0 Å². The molecule has 0 amide bonds. The maximum atomic E-state index is 6.24. The molecule has 2 N–H and O–H groups in total. The van der Waals surface area contributed by atoms with Crippen molar-refractivity contribution in [2.24, 2.45) is 0 Å². The van der Waals surface area contributed by atoms with Gasteiger partial charge in [0.05, 0.1) is 11.4 Å². The van der Waals surface area contributed by atoms with Crippen molar-refractivity contribution < 1.29 is 0 Å². The first-order valence-electron chi connectivity index (χ1n) is 5.88. The summed E-state index contributed by atoms with van der Waals surface area (Å²) < 4.78 is 1.83. The molecule has 2 aromatic heterocycles. The topological polar surface area (TPSA) is 56.7 Å². The van der Waals surface area contributed by atoms with Gasteiger partial charge >= 0.3 is 0 Å². The van der Waals surface area contributed by atoms with E-state index in [1.54, 1.807) is 12.4 Å². The highest BCUT2D eigenvalue weighted by atomic mass is 15.3. The molecular formula is C13H16N4. The fourth-order valence-corrected chi connectivity index (χ4v) is 2.63. The normalized spacial score (nSPS) is 17.1. The molecule has 0 aliphatic heterocycles. The van der Waals surface area contributed by atoms with Gasteiger partial charge in [0.15, 0.2) is 0 Å². The predicted molar refractivity (Wildman–Crippen MR) is 67.1 cm³/mol. The van der Waals surface area contributed by atoms with Gasteiger partial charge in [-0.3, -0.25) is 4.98 Å². The molecule has 1 aliphatic carbocycles. The molecule has 0 unspecified atom stereocenters. The number of nitrogens with zero attached hydrogens (tertiary/aromatic N) is 3. The number of aromatic nitrogens is 3. The average molecular weight is 228 g/mol. The number of pyridine rings is 1. The van der Waals surface area contributed by atoms with Gasteiger partial charge in [-0.15, -0.1) is 0 Å². The Hall–Kier alpha value is -1.84. The second-order valence-corrected chi connectivity index (χ2v) is 5.21. The van der Waals surface area contributed by atoms with Crippen molar-refractivity contribution >= 4 is 5.82 Å². The summed E-state index contributed by atoms with van der Waals surface area (Å²) in [7, 11) is 0. The molecule has 0 spiro atoms. The molecule has 0 radical (unpaired) electrons. The van der Waals surface area contributed by atoms with Crippen LogP contribution in [0.3, 0.4) is 0 Å². The van der Waals surface area contributed by atoms with Gasteiger partial charge in [0.2, 0.25) is 0 Å². The van der Waals surface area contributed by atoms with Gasteiger partial charge in [0.25, 0.3) is 0 Å². The Balaban J connectivity index is 2.17. The molecule has 0 atom stereocenters. The molecule has 4 nitrogen and oxygen atoms in total. The maximum Gasteiger partial charge on any atom is 0.131 e. The van der Waals surface area contributed by atoms with E-state index in [2.05, 4.69) is 23.9 Å². The lowest BCUT2D eigenvalue weighted by atomic mass is 9.87. The summed E-state index contributed by atoms with van der Waals surface area (Å²) in [6, 6.07) is 3.84. The molecule has 0 saturated carbocycles. The molecule has 1 aliphatic rings.